The number of rotatable bonds is 8. The third-order valence-corrected chi connectivity index (χ3v) is 3.82. The minimum atomic E-state index is 0.690. The van der Waals surface area contributed by atoms with Gasteiger partial charge in [-0.25, -0.2) is 0 Å². The number of nitrogens with zero attached hydrogens (tertiary/aromatic N) is 1. The second-order valence-electron chi connectivity index (χ2n) is 4.04. The molecule has 0 saturated carbocycles. The van der Waals surface area contributed by atoms with Crippen molar-refractivity contribution in [2.75, 3.05) is 30.9 Å². The maximum atomic E-state index is 2.58. The van der Waals surface area contributed by atoms with Crippen LogP contribution in [0.15, 0.2) is 0 Å². The first kappa shape index (κ1) is 14.7. The first-order valence-corrected chi connectivity index (χ1v) is 7.86. The maximum Gasteiger partial charge on any atom is 0.00755 e. The molecule has 0 aromatic heterocycles. The van der Waals surface area contributed by atoms with E-state index in [2.05, 4.69) is 50.6 Å². The number of hydrogen-bond donors (Lipinski definition) is 0. The molecule has 1 nitrogen and oxygen atoms in total. The zero-order valence-corrected chi connectivity index (χ0v) is 11.9. The Kier molecular flexibility index (Phi) is 9.35. The summed E-state index contributed by atoms with van der Waals surface area (Å²) in [6, 6.07) is 0.690. The second-order valence-corrected chi connectivity index (χ2v) is 6.71. The Hall–Kier alpha value is 0.660. The van der Waals surface area contributed by atoms with Gasteiger partial charge in [-0.2, -0.15) is 23.5 Å². The molecule has 86 valence electrons. The van der Waals surface area contributed by atoms with Gasteiger partial charge in [-0.15, -0.1) is 0 Å². The van der Waals surface area contributed by atoms with Crippen LogP contribution in [0, 0.1) is 0 Å². The van der Waals surface area contributed by atoms with Crippen LogP contribution >= 0.6 is 23.5 Å². The summed E-state index contributed by atoms with van der Waals surface area (Å²) in [5.41, 5.74) is 0. The van der Waals surface area contributed by atoms with Gasteiger partial charge in [0.05, 0.1) is 0 Å². The molecule has 0 aliphatic rings. The van der Waals surface area contributed by atoms with E-state index in [9.17, 15) is 0 Å². The van der Waals surface area contributed by atoms with E-state index in [0.29, 0.717) is 6.04 Å². The summed E-state index contributed by atoms with van der Waals surface area (Å²) < 4.78 is 0. The lowest BCUT2D eigenvalue weighted by Crippen LogP contribution is -2.35. The fourth-order valence-corrected chi connectivity index (χ4v) is 2.47. The van der Waals surface area contributed by atoms with Crippen LogP contribution in [0.2, 0.25) is 0 Å². The van der Waals surface area contributed by atoms with E-state index in [4.69, 9.17) is 0 Å². The average molecular weight is 235 g/mol. The van der Waals surface area contributed by atoms with Crippen molar-refractivity contribution in [2.45, 2.75) is 39.0 Å². The van der Waals surface area contributed by atoms with Crippen molar-refractivity contribution >= 4 is 23.5 Å². The molecular weight excluding hydrogens is 210 g/mol. The van der Waals surface area contributed by atoms with Gasteiger partial charge in [-0.1, -0.05) is 13.8 Å². The monoisotopic (exact) mass is 235 g/mol. The largest absolute Gasteiger partial charge is 0.299 e. The van der Waals surface area contributed by atoms with Crippen LogP contribution in [0.25, 0.3) is 0 Å². The molecule has 0 bridgehead atoms. The summed E-state index contributed by atoms with van der Waals surface area (Å²) in [6.45, 7) is 11.6. The smallest absolute Gasteiger partial charge is 0.00755 e. The Morgan fingerprint density at radius 1 is 1.00 bits per heavy atom. The van der Waals surface area contributed by atoms with E-state index >= 15 is 0 Å². The molecule has 0 aliphatic heterocycles. The molecule has 0 aromatic rings. The average Bonchev–Trinajstić information content (AvgIpc) is 2.09. The van der Waals surface area contributed by atoms with Gasteiger partial charge in [0, 0.05) is 30.6 Å². The summed E-state index contributed by atoms with van der Waals surface area (Å²) in [6.07, 6.45) is 2.18. The van der Waals surface area contributed by atoms with Gasteiger partial charge in [-0.3, -0.25) is 4.90 Å². The first-order chi connectivity index (χ1) is 6.57. The Morgan fingerprint density at radius 3 is 2.00 bits per heavy atom. The van der Waals surface area contributed by atoms with Gasteiger partial charge < -0.3 is 0 Å². The molecule has 0 amide bonds. The van der Waals surface area contributed by atoms with Gasteiger partial charge in [0.25, 0.3) is 0 Å². The summed E-state index contributed by atoms with van der Waals surface area (Å²) in [5.74, 6) is 2.52. The highest BCUT2D eigenvalue weighted by atomic mass is 32.2. The minimum absolute atomic E-state index is 0.690. The van der Waals surface area contributed by atoms with Gasteiger partial charge in [0.1, 0.15) is 0 Å². The molecule has 3 heteroatoms. The molecule has 0 radical (unpaired) electrons. The van der Waals surface area contributed by atoms with Crippen molar-refractivity contribution in [2.24, 2.45) is 0 Å². The summed E-state index contributed by atoms with van der Waals surface area (Å²) >= 11 is 4.00. The summed E-state index contributed by atoms with van der Waals surface area (Å²) in [4.78, 5) is 2.58. The second kappa shape index (κ2) is 8.93. The first-order valence-electron chi connectivity index (χ1n) is 5.42. The molecular formula is C11H25NS2. The minimum Gasteiger partial charge on any atom is -0.299 e. The molecule has 14 heavy (non-hydrogen) atoms. The molecule has 0 spiro atoms. The zero-order chi connectivity index (χ0) is 11.0. The highest BCUT2D eigenvalue weighted by Crippen LogP contribution is 2.10. The van der Waals surface area contributed by atoms with Gasteiger partial charge in [0.2, 0.25) is 0 Å². The molecule has 0 aliphatic carbocycles. The van der Waals surface area contributed by atoms with E-state index in [-0.39, 0.29) is 0 Å². The molecule has 0 N–H and O–H groups in total. The normalized spacial score (nSPS) is 12.0. The summed E-state index contributed by atoms with van der Waals surface area (Å²) in [7, 11) is 0. The summed E-state index contributed by atoms with van der Waals surface area (Å²) in [5, 5.41) is 0.768. The third kappa shape index (κ3) is 8.01. The number of thioether (sulfide) groups is 2. The highest BCUT2D eigenvalue weighted by Gasteiger charge is 2.08. The van der Waals surface area contributed by atoms with Crippen LogP contribution in [0.4, 0.5) is 0 Å². The van der Waals surface area contributed by atoms with Crippen LogP contribution in [0.3, 0.4) is 0 Å². The fourth-order valence-electron chi connectivity index (χ4n) is 1.24. The quantitative estimate of drug-likeness (QED) is 0.636. The van der Waals surface area contributed by atoms with Crippen LogP contribution < -0.4 is 0 Å². The predicted octanol–water partition coefficient (Wildman–Crippen LogP) is 3.20. The maximum absolute atomic E-state index is 2.58. The van der Waals surface area contributed by atoms with Crippen LogP contribution in [0.1, 0.15) is 27.7 Å². The van der Waals surface area contributed by atoms with Crippen molar-refractivity contribution in [3.63, 3.8) is 0 Å². The topological polar surface area (TPSA) is 3.24 Å². The van der Waals surface area contributed by atoms with E-state index in [1.54, 1.807) is 0 Å². The highest BCUT2D eigenvalue weighted by molar-refractivity contribution is 7.99. The molecule has 0 rings (SSSR count). The van der Waals surface area contributed by atoms with E-state index in [1.807, 2.05) is 11.8 Å². The van der Waals surface area contributed by atoms with Crippen LogP contribution in [-0.4, -0.2) is 47.0 Å². The lowest BCUT2D eigenvalue weighted by molar-refractivity contribution is 0.251. The Balaban J connectivity index is 3.62. The Morgan fingerprint density at radius 2 is 1.57 bits per heavy atom. The molecule has 0 atom stereocenters. The molecule has 0 unspecified atom stereocenters. The lowest BCUT2D eigenvalue weighted by atomic mass is 10.3. The predicted molar refractivity (Wildman–Crippen MR) is 72.7 cm³/mol. The molecule has 0 aromatic carbocycles. The third-order valence-electron chi connectivity index (χ3n) is 2.14. The van der Waals surface area contributed by atoms with Crippen molar-refractivity contribution in [1.82, 2.24) is 4.90 Å². The molecule has 0 fully saturated rings. The van der Waals surface area contributed by atoms with Crippen molar-refractivity contribution in [1.29, 1.82) is 0 Å². The lowest BCUT2D eigenvalue weighted by Gasteiger charge is -2.26. The van der Waals surface area contributed by atoms with Gasteiger partial charge >= 0.3 is 0 Å². The van der Waals surface area contributed by atoms with Crippen molar-refractivity contribution < 1.29 is 0 Å². The molecule has 0 heterocycles. The zero-order valence-electron chi connectivity index (χ0n) is 10.2. The van der Waals surface area contributed by atoms with Gasteiger partial charge in [-0.05, 0) is 25.4 Å². The van der Waals surface area contributed by atoms with E-state index < -0.39 is 0 Å². The standard InChI is InChI=1S/C11H25NS2/c1-10(2)12(6-8-13-5)7-9-14-11(3)4/h10-11H,6-9H2,1-5H3. The van der Waals surface area contributed by atoms with Crippen LogP contribution in [-0.2, 0) is 0 Å². The number of hydrogen-bond acceptors (Lipinski definition) is 3. The van der Waals surface area contributed by atoms with E-state index in [1.165, 1.54) is 24.6 Å². The fraction of sp³-hybridized carbons (Fsp3) is 1.00. The van der Waals surface area contributed by atoms with Crippen molar-refractivity contribution in [3.05, 3.63) is 0 Å². The Labute approximate surface area is 98.4 Å². The van der Waals surface area contributed by atoms with E-state index in [0.717, 1.165) is 5.25 Å². The Bertz CT molecular complexity index is 126. The SMILES string of the molecule is CSCCN(CCSC(C)C)C(C)C. The molecule has 0 saturated heterocycles. The van der Waals surface area contributed by atoms with Crippen LogP contribution in [0.5, 0.6) is 0 Å². The van der Waals surface area contributed by atoms with Gasteiger partial charge in [0.15, 0.2) is 0 Å². The van der Waals surface area contributed by atoms with Crippen molar-refractivity contribution in [3.8, 4) is 0 Å².